The lowest BCUT2D eigenvalue weighted by atomic mass is 10.0. The molecule has 114 valence electrons. The van der Waals surface area contributed by atoms with E-state index in [-0.39, 0.29) is 12.3 Å². The number of carbonyl (C=O) groups excluding carboxylic acids is 1. The van der Waals surface area contributed by atoms with Crippen molar-refractivity contribution in [3.63, 3.8) is 0 Å². The molecule has 1 atom stereocenters. The van der Waals surface area contributed by atoms with E-state index < -0.39 is 5.66 Å². The van der Waals surface area contributed by atoms with Crippen LogP contribution in [0.4, 0.5) is 11.4 Å². The first-order chi connectivity index (χ1) is 10.6. The predicted octanol–water partition coefficient (Wildman–Crippen LogP) is 2.73. The Kier molecular flexibility index (Phi) is 3.83. The topological polar surface area (TPSA) is 64.6 Å². The molecule has 5 nitrogen and oxygen atoms in total. The minimum absolute atomic E-state index is 0.132. The van der Waals surface area contributed by atoms with Gasteiger partial charge in [-0.25, -0.2) is 0 Å². The average molecular weight is 297 g/mol. The van der Waals surface area contributed by atoms with Crippen LogP contribution in [0.2, 0.25) is 0 Å². The highest BCUT2D eigenvalue weighted by Crippen LogP contribution is 2.26. The Morgan fingerprint density at radius 1 is 1.18 bits per heavy atom. The molecule has 0 fully saturated rings. The summed E-state index contributed by atoms with van der Waals surface area (Å²) in [5.74, 6) is -0.368. The van der Waals surface area contributed by atoms with Crippen molar-refractivity contribution < 1.29 is 10.0 Å². The van der Waals surface area contributed by atoms with Crippen molar-refractivity contribution in [2.45, 2.75) is 25.6 Å². The molecule has 0 radical (unpaired) electrons. The highest BCUT2D eigenvalue weighted by atomic mass is 16.5. The standard InChI is InChI=1S/C17H19N3O2/c1-17(18-12-13-7-5-6-10-15(13)19-17)11-16(21)20(22)14-8-3-2-4-9-14/h2-10,18-19,22H,11-12H2,1H3. The molecule has 0 aromatic heterocycles. The Morgan fingerprint density at radius 3 is 2.64 bits per heavy atom. The molecule has 0 spiro atoms. The Bertz CT molecular complexity index is 675. The van der Waals surface area contributed by atoms with Crippen LogP contribution in [0.3, 0.4) is 0 Å². The van der Waals surface area contributed by atoms with Crippen LogP contribution in [0.15, 0.2) is 54.6 Å². The second kappa shape index (κ2) is 5.79. The van der Waals surface area contributed by atoms with Gasteiger partial charge in [0.15, 0.2) is 0 Å². The first-order valence-electron chi connectivity index (χ1n) is 7.25. The molecule has 22 heavy (non-hydrogen) atoms. The number of amides is 1. The van der Waals surface area contributed by atoms with Gasteiger partial charge in [-0.3, -0.25) is 15.3 Å². The van der Waals surface area contributed by atoms with Gasteiger partial charge in [-0.2, -0.15) is 5.06 Å². The van der Waals surface area contributed by atoms with E-state index in [1.807, 2.05) is 37.3 Å². The van der Waals surface area contributed by atoms with Gasteiger partial charge in [0.05, 0.1) is 17.8 Å². The number of rotatable bonds is 3. The third kappa shape index (κ3) is 2.95. The third-order valence-corrected chi connectivity index (χ3v) is 3.84. The molecule has 1 amide bonds. The van der Waals surface area contributed by atoms with Gasteiger partial charge in [0.1, 0.15) is 0 Å². The van der Waals surface area contributed by atoms with Gasteiger partial charge in [0, 0.05) is 12.2 Å². The van der Waals surface area contributed by atoms with E-state index in [1.165, 1.54) is 0 Å². The normalized spacial score (nSPS) is 19.9. The second-order valence-corrected chi connectivity index (χ2v) is 5.69. The lowest BCUT2D eigenvalue weighted by Gasteiger charge is -2.38. The van der Waals surface area contributed by atoms with Gasteiger partial charge < -0.3 is 5.32 Å². The van der Waals surface area contributed by atoms with Crippen LogP contribution in [0.25, 0.3) is 0 Å². The van der Waals surface area contributed by atoms with Crippen molar-refractivity contribution in [2.24, 2.45) is 0 Å². The van der Waals surface area contributed by atoms with Gasteiger partial charge in [-0.05, 0) is 30.7 Å². The van der Waals surface area contributed by atoms with Gasteiger partial charge in [0.25, 0.3) is 5.91 Å². The summed E-state index contributed by atoms with van der Waals surface area (Å²) in [6.45, 7) is 2.60. The summed E-state index contributed by atoms with van der Waals surface area (Å²) >= 11 is 0. The van der Waals surface area contributed by atoms with Crippen LogP contribution in [0, 0.1) is 0 Å². The van der Waals surface area contributed by atoms with Crippen LogP contribution in [-0.4, -0.2) is 16.8 Å². The molecule has 0 bridgehead atoms. The zero-order chi connectivity index (χ0) is 15.6. The molecule has 2 aromatic rings. The number of hydrogen-bond donors (Lipinski definition) is 3. The Labute approximate surface area is 129 Å². The molecule has 0 saturated carbocycles. The van der Waals surface area contributed by atoms with E-state index in [4.69, 9.17) is 0 Å². The molecule has 1 unspecified atom stereocenters. The summed E-state index contributed by atoms with van der Waals surface area (Å²) in [6, 6.07) is 16.8. The first kappa shape index (κ1) is 14.6. The monoisotopic (exact) mass is 297 g/mol. The summed E-state index contributed by atoms with van der Waals surface area (Å²) in [5.41, 5.74) is 2.05. The van der Waals surface area contributed by atoms with Crippen LogP contribution in [0.5, 0.6) is 0 Å². The molecule has 1 aliphatic rings. The fourth-order valence-corrected chi connectivity index (χ4v) is 2.63. The SMILES string of the molecule is CC1(CC(=O)N(O)c2ccccc2)NCc2ccccc2N1. The number of fused-ring (bicyclic) bond motifs is 1. The van der Waals surface area contributed by atoms with Crippen molar-refractivity contribution in [3.05, 3.63) is 60.2 Å². The van der Waals surface area contributed by atoms with Crippen LogP contribution in [-0.2, 0) is 11.3 Å². The highest BCUT2D eigenvalue weighted by Gasteiger charge is 2.32. The smallest absolute Gasteiger partial charge is 0.254 e. The van der Waals surface area contributed by atoms with E-state index in [2.05, 4.69) is 10.6 Å². The van der Waals surface area contributed by atoms with E-state index in [0.29, 0.717) is 17.3 Å². The maximum Gasteiger partial charge on any atom is 0.254 e. The molecular weight excluding hydrogens is 278 g/mol. The minimum atomic E-state index is -0.596. The molecule has 0 saturated heterocycles. The molecule has 2 aromatic carbocycles. The van der Waals surface area contributed by atoms with E-state index in [9.17, 15) is 10.0 Å². The number of carbonyl (C=O) groups is 1. The molecule has 5 heteroatoms. The zero-order valence-corrected chi connectivity index (χ0v) is 12.4. The van der Waals surface area contributed by atoms with E-state index >= 15 is 0 Å². The van der Waals surface area contributed by atoms with Crippen molar-refractivity contribution in [1.29, 1.82) is 0 Å². The zero-order valence-electron chi connectivity index (χ0n) is 12.4. The van der Waals surface area contributed by atoms with E-state index in [0.717, 1.165) is 11.3 Å². The van der Waals surface area contributed by atoms with Gasteiger partial charge in [-0.15, -0.1) is 0 Å². The number of benzene rings is 2. The molecule has 3 rings (SSSR count). The fraction of sp³-hybridized carbons (Fsp3) is 0.235. The number of nitrogens with zero attached hydrogens (tertiary/aromatic N) is 1. The number of para-hydroxylation sites is 2. The average Bonchev–Trinajstić information content (AvgIpc) is 2.54. The maximum atomic E-state index is 12.3. The van der Waals surface area contributed by atoms with E-state index in [1.54, 1.807) is 24.3 Å². The number of hydrogen-bond acceptors (Lipinski definition) is 4. The maximum absolute atomic E-state index is 12.3. The summed E-state index contributed by atoms with van der Waals surface area (Å²) in [7, 11) is 0. The quantitative estimate of drug-likeness (QED) is 0.602. The largest absolute Gasteiger partial charge is 0.367 e. The number of anilines is 2. The highest BCUT2D eigenvalue weighted by molar-refractivity contribution is 5.92. The van der Waals surface area contributed by atoms with Crippen LogP contribution < -0.4 is 15.7 Å². The summed E-state index contributed by atoms with van der Waals surface area (Å²) in [6.07, 6.45) is 0.132. The summed E-state index contributed by atoms with van der Waals surface area (Å²) in [5, 5.41) is 17.4. The Hall–Kier alpha value is -2.37. The minimum Gasteiger partial charge on any atom is -0.367 e. The first-order valence-corrected chi connectivity index (χ1v) is 7.25. The molecule has 1 heterocycles. The van der Waals surface area contributed by atoms with Crippen molar-refractivity contribution in [1.82, 2.24) is 5.32 Å². The Balaban J connectivity index is 1.72. The van der Waals surface area contributed by atoms with Crippen molar-refractivity contribution >= 4 is 17.3 Å². The molecule has 3 N–H and O–H groups in total. The lowest BCUT2D eigenvalue weighted by Crippen LogP contribution is -2.54. The fourth-order valence-electron chi connectivity index (χ4n) is 2.63. The predicted molar refractivity (Wildman–Crippen MR) is 85.6 cm³/mol. The van der Waals surface area contributed by atoms with Gasteiger partial charge in [-0.1, -0.05) is 36.4 Å². The Morgan fingerprint density at radius 2 is 1.86 bits per heavy atom. The summed E-state index contributed by atoms with van der Waals surface area (Å²) < 4.78 is 0. The lowest BCUT2D eigenvalue weighted by molar-refractivity contribution is -0.124. The summed E-state index contributed by atoms with van der Waals surface area (Å²) in [4.78, 5) is 12.3. The molecule has 1 aliphatic heterocycles. The molecule has 0 aliphatic carbocycles. The number of nitrogens with one attached hydrogen (secondary N) is 2. The second-order valence-electron chi connectivity index (χ2n) is 5.69. The van der Waals surface area contributed by atoms with Crippen LogP contribution in [0.1, 0.15) is 18.9 Å². The van der Waals surface area contributed by atoms with Crippen LogP contribution >= 0.6 is 0 Å². The van der Waals surface area contributed by atoms with Gasteiger partial charge in [0.2, 0.25) is 0 Å². The van der Waals surface area contributed by atoms with Crippen molar-refractivity contribution in [3.8, 4) is 0 Å². The van der Waals surface area contributed by atoms with Crippen molar-refractivity contribution in [2.75, 3.05) is 10.4 Å². The molecular formula is C17H19N3O2. The number of hydroxylamine groups is 1. The van der Waals surface area contributed by atoms with Gasteiger partial charge >= 0.3 is 0 Å². The third-order valence-electron chi connectivity index (χ3n) is 3.84.